The lowest BCUT2D eigenvalue weighted by Crippen LogP contribution is -2.40. The molecule has 0 aliphatic rings. The van der Waals surface area contributed by atoms with Crippen LogP contribution in [0.25, 0.3) is 0 Å². The zero-order valence-electron chi connectivity index (χ0n) is 16.0. The molecule has 0 aliphatic carbocycles. The number of carbonyl (C=O) groups is 1. The molecular weight excluding hydrogens is 364 g/mol. The van der Waals surface area contributed by atoms with Gasteiger partial charge >= 0.3 is 0 Å². The van der Waals surface area contributed by atoms with Crippen LogP contribution in [0.3, 0.4) is 0 Å². The van der Waals surface area contributed by atoms with Gasteiger partial charge in [0.15, 0.2) is 0 Å². The maximum absolute atomic E-state index is 12.4. The van der Waals surface area contributed by atoms with Crippen molar-refractivity contribution >= 4 is 17.9 Å². The predicted octanol–water partition coefficient (Wildman–Crippen LogP) is 4.06. The van der Waals surface area contributed by atoms with Crippen molar-refractivity contribution in [2.75, 3.05) is 7.11 Å². The van der Waals surface area contributed by atoms with E-state index in [0.29, 0.717) is 12.2 Å². The first kappa shape index (κ1) is 21.2. The Labute approximate surface area is 164 Å². The Balaban J connectivity index is 2.19. The smallest absolute Gasteiger partial charge is 0.220 e. The molecule has 0 radical (unpaired) electrons. The molecule has 0 aliphatic heterocycles. The normalized spacial score (nSPS) is 13.1. The second kappa shape index (κ2) is 10.3. The van der Waals surface area contributed by atoms with Crippen LogP contribution in [0, 0.1) is 0 Å². The second-order valence-electron chi connectivity index (χ2n) is 6.30. The first-order valence-electron chi connectivity index (χ1n) is 8.68. The minimum atomic E-state index is -0.0141. The summed E-state index contributed by atoms with van der Waals surface area (Å²) in [5.74, 6) is 5.63. The van der Waals surface area contributed by atoms with Gasteiger partial charge in [-0.15, -0.1) is 9.32 Å². The van der Waals surface area contributed by atoms with Crippen LogP contribution in [0.15, 0.2) is 53.4 Å². The molecule has 2 rings (SSSR count). The summed E-state index contributed by atoms with van der Waals surface area (Å²) in [4.78, 5) is 19.2. The van der Waals surface area contributed by atoms with Gasteiger partial charge in [0.25, 0.3) is 0 Å². The maximum Gasteiger partial charge on any atom is 0.220 e. The number of nitrogens with zero attached hydrogens (tertiary/aromatic N) is 1. The molecule has 146 valence electrons. The molecule has 0 saturated heterocycles. The van der Waals surface area contributed by atoms with Gasteiger partial charge in [0.2, 0.25) is 5.91 Å². The van der Waals surface area contributed by atoms with E-state index < -0.39 is 0 Å². The van der Waals surface area contributed by atoms with Gasteiger partial charge in [0, 0.05) is 13.0 Å². The fraction of sp³-hybridized carbons (Fsp3) is 0.350. The van der Waals surface area contributed by atoms with Gasteiger partial charge in [0.05, 0.1) is 30.1 Å². The van der Waals surface area contributed by atoms with E-state index >= 15 is 0 Å². The van der Waals surface area contributed by atoms with Crippen molar-refractivity contribution in [1.82, 2.24) is 4.90 Å². The Morgan fingerprint density at radius 1 is 1.19 bits per heavy atom. The van der Waals surface area contributed by atoms with Crippen LogP contribution in [-0.4, -0.2) is 24.0 Å². The Hall–Kier alpha value is -2.06. The molecule has 2 aromatic rings. The van der Waals surface area contributed by atoms with Gasteiger partial charge in [0.1, 0.15) is 5.75 Å². The summed E-state index contributed by atoms with van der Waals surface area (Å²) in [6.07, 6.45) is 0.692. The first-order chi connectivity index (χ1) is 13.0. The highest BCUT2D eigenvalue weighted by atomic mass is 32.2. The van der Waals surface area contributed by atoms with Crippen molar-refractivity contribution in [2.45, 2.75) is 44.2 Å². The fourth-order valence-corrected chi connectivity index (χ4v) is 3.81. The van der Waals surface area contributed by atoms with Crippen molar-refractivity contribution in [3.8, 4) is 5.75 Å². The lowest BCUT2D eigenvalue weighted by atomic mass is 10.0. The van der Waals surface area contributed by atoms with Crippen molar-refractivity contribution in [3.63, 3.8) is 0 Å². The standard InChI is InChI=1S/C20H26N2O4S/c1-14(22(16(3)23)15(2)18-8-6-5-7-9-18)12-17-10-11-19(24-4)20(13-17)27-26-25-21/h5-11,13-15H,12,21H2,1-4H3/t14-,15-/m1/s1. The topological polar surface area (TPSA) is 74.0 Å². The number of rotatable bonds is 9. The van der Waals surface area contributed by atoms with Crippen LogP contribution in [0.4, 0.5) is 0 Å². The van der Waals surface area contributed by atoms with E-state index in [4.69, 9.17) is 15.0 Å². The zero-order chi connectivity index (χ0) is 19.8. The van der Waals surface area contributed by atoms with Crippen molar-refractivity contribution in [1.29, 1.82) is 0 Å². The van der Waals surface area contributed by atoms with Gasteiger partial charge < -0.3 is 9.64 Å². The third-order valence-corrected chi connectivity index (χ3v) is 5.11. The summed E-state index contributed by atoms with van der Waals surface area (Å²) in [6, 6.07) is 15.8. The predicted molar refractivity (Wildman–Crippen MR) is 106 cm³/mol. The zero-order valence-corrected chi connectivity index (χ0v) is 16.9. The lowest BCUT2D eigenvalue weighted by molar-refractivity contribution is -0.195. The Morgan fingerprint density at radius 2 is 1.89 bits per heavy atom. The van der Waals surface area contributed by atoms with E-state index in [1.807, 2.05) is 53.4 Å². The van der Waals surface area contributed by atoms with Crippen LogP contribution in [0.2, 0.25) is 0 Å². The molecule has 7 heteroatoms. The summed E-state index contributed by atoms with van der Waals surface area (Å²) in [5.41, 5.74) is 2.16. The summed E-state index contributed by atoms with van der Waals surface area (Å²) in [7, 11) is 1.59. The highest BCUT2D eigenvalue weighted by molar-refractivity contribution is 7.94. The average molecular weight is 391 g/mol. The molecule has 27 heavy (non-hydrogen) atoms. The quantitative estimate of drug-likeness (QED) is 0.395. The SMILES string of the molecule is COc1ccc(C[C@@H](C)N(C(C)=O)[C@H](C)c2ccccc2)cc1SOON. The summed E-state index contributed by atoms with van der Waals surface area (Å²) >= 11 is 0.978. The average Bonchev–Trinajstić information content (AvgIpc) is 2.67. The van der Waals surface area contributed by atoms with Crippen LogP contribution >= 0.6 is 12.0 Å². The molecule has 2 aromatic carbocycles. The molecule has 2 atom stereocenters. The summed E-state index contributed by atoms with van der Waals surface area (Å²) in [5, 5.41) is 0. The van der Waals surface area contributed by atoms with Gasteiger partial charge in [-0.1, -0.05) is 36.4 Å². The molecular formula is C20H26N2O4S. The van der Waals surface area contributed by atoms with Crippen LogP contribution < -0.4 is 10.6 Å². The minimum Gasteiger partial charge on any atom is -0.495 e. The van der Waals surface area contributed by atoms with Crippen molar-refractivity contribution < 1.29 is 18.9 Å². The Morgan fingerprint density at radius 3 is 2.48 bits per heavy atom. The van der Waals surface area contributed by atoms with Crippen molar-refractivity contribution in [2.24, 2.45) is 5.90 Å². The highest BCUT2D eigenvalue weighted by Crippen LogP contribution is 2.32. The molecule has 0 fully saturated rings. The van der Waals surface area contributed by atoms with E-state index in [0.717, 1.165) is 28.1 Å². The Bertz CT molecular complexity index is 742. The highest BCUT2D eigenvalue weighted by Gasteiger charge is 2.24. The maximum atomic E-state index is 12.4. The Kier molecular flexibility index (Phi) is 8.12. The molecule has 0 aromatic heterocycles. The van der Waals surface area contributed by atoms with Gasteiger partial charge in [-0.2, -0.15) is 5.90 Å². The first-order valence-corrected chi connectivity index (χ1v) is 9.43. The number of nitrogens with two attached hydrogens (primary N) is 1. The van der Waals surface area contributed by atoms with E-state index in [2.05, 4.69) is 18.8 Å². The molecule has 0 bridgehead atoms. The summed E-state index contributed by atoms with van der Waals surface area (Å²) in [6.45, 7) is 5.71. The number of hydrogen-bond donors (Lipinski definition) is 1. The molecule has 0 unspecified atom stereocenters. The lowest BCUT2D eigenvalue weighted by Gasteiger charge is -2.34. The molecule has 1 amide bonds. The monoisotopic (exact) mass is 390 g/mol. The molecule has 2 N–H and O–H groups in total. The summed E-state index contributed by atoms with van der Waals surface area (Å²) < 4.78 is 10.1. The molecule has 0 spiro atoms. The molecule has 0 saturated carbocycles. The number of carbonyl (C=O) groups excluding carboxylic acids is 1. The number of benzene rings is 2. The fourth-order valence-electron chi connectivity index (χ4n) is 3.27. The molecule has 6 nitrogen and oxygen atoms in total. The van der Waals surface area contributed by atoms with Gasteiger partial charge in [-0.05, 0) is 43.5 Å². The van der Waals surface area contributed by atoms with Gasteiger partial charge in [-0.25, -0.2) is 0 Å². The second-order valence-corrected chi connectivity index (χ2v) is 7.04. The van der Waals surface area contributed by atoms with Gasteiger partial charge in [-0.3, -0.25) is 4.79 Å². The third kappa shape index (κ3) is 5.71. The number of methoxy groups -OCH3 is 1. The largest absolute Gasteiger partial charge is 0.495 e. The third-order valence-electron chi connectivity index (χ3n) is 4.46. The number of hydrogen-bond acceptors (Lipinski definition) is 6. The van der Waals surface area contributed by atoms with Crippen LogP contribution in [0.5, 0.6) is 5.75 Å². The van der Waals surface area contributed by atoms with Crippen LogP contribution in [-0.2, 0) is 20.5 Å². The van der Waals surface area contributed by atoms with E-state index in [1.165, 1.54) is 0 Å². The number of amides is 1. The van der Waals surface area contributed by atoms with E-state index in [-0.39, 0.29) is 18.0 Å². The van der Waals surface area contributed by atoms with Crippen LogP contribution in [0.1, 0.15) is 37.9 Å². The van der Waals surface area contributed by atoms with Crippen molar-refractivity contribution in [3.05, 3.63) is 59.7 Å². The molecule has 0 heterocycles. The van der Waals surface area contributed by atoms with E-state index in [9.17, 15) is 4.79 Å². The minimum absolute atomic E-state index is 0.00984. The number of ether oxygens (including phenoxy) is 1. The van der Waals surface area contributed by atoms with E-state index in [1.54, 1.807) is 14.0 Å².